The summed E-state index contributed by atoms with van der Waals surface area (Å²) in [6.07, 6.45) is 0.580. The Hall–Kier alpha value is -1.54. The Balaban J connectivity index is 3.96. The highest BCUT2D eigenvalue weighted by Gasteiger charge is 2.20. The monoisotopic (exact) mass is 360 g/mol. The molecular formula is C17H36N4O4. The summed E-state index contributed by atoms with van der Waals surface area (Å²) in [7, 11) is 3.37. The van der Waals surface area contributed by atoms with Gasteiger partial charge in [0.25, 0.3) is 0 Å². The maximum absolute atomic E-state index is 12.1. The molecule has 148 valence electrons. The first-order chi connectivity index (χ1) is 11.8. The van der Waals surface area contributed by atoms with E-state index in [4.69, 9.17) is 14.2 Å². The van der Waals surface area contributed by atoms with Gasteiger partial charge in [0, 0.05) is 46.9 Å². The van der Waals surface area contributed by atoms with Crippen LogP contribution in [0.5, 0.6) is 0 Å². The number of guanidine groups is 1. The molecule has 0 radical (unpaired) electrons. The lowest BCUT2D eigenvalue weighted by atomic mass is 10.2. The van der Waals surface area contributed by atoms with Crippen LogP contribution in [0.3, 0.4) is 0 Å². The highest BCUT2D eigenvalue weighted by atomic mass is 16.6. The van der Waals surface area contributed by atoms with Crippen LogP contribution in [0.2, 0.25) is 0 Å². The van der Waals surface area contributed by atoms with Crippen LogP contribution in [-0.4, -0.2) is 82.7 Å². The van der Waals surface area contributed by atoms with Gasteiger partial charge in [0.1, 0.15) is 5.60 Å². The van der Waals surface area contributed by atoms with Crippen molar-refractivity contribution in [1.29, 1.82) is 0 Å². The van der Waals surface area contributed by atoms with Gasteiger partial charge in [-0.25, -0.2) is 4.79 Å². The van der Waals surface area contributed by atoms with E-state index in [1.807, 2.05) is 27.7 Å². The van der Waals surface area contributed by atoms with Crippen LogP contribution in [0, 0.1) is 0 Å². The van der Waals surface area contributed by atoms with Crippen LogP contribution in [0.4, 0.5) is 4.79 Å². The molecule has 25 heavy (non-hydrogen) atoms. The lowest BCUT2D eigenvalue weighted by Gasteiger charge is -2.26. The Labute approximate surface area is 152 Å². The molecule has 0 aliphatic rings. The standard InChI is InChI=1S/C17H36N4O4/c1-7-21(16(22)25-17(2,3)4)11-10-20-15(18-5)19-9-8-12-24-14-13-23-6/h7-14H2,1-6H3,(H2,18,19,20). The van der Waals surface area contributed by atoms with Crippen molar-refractivity contribution in [3.05, 3.63) is 0 Å². The van der Waals surface area contributed by atoms with E-state index in [0.717, 1.165) is 13.0 Å². The third kappa shape index (κ3) is 13.4. The molecule has 0 rings (SSSR count). The van der Waals surface area contributed by atoms with Crippen LogP contribution in [0.1, 0.15) is 34.1 Å². The second-order valence-electron chi connectivity index (χ2n) is 6.44. The van der Waals surface area contributed by atoms with Crippen molar-refractivity contribution in [2.75, 3.05) is 60.2 Å². The minimum atomic E-state index is -0.485. The SMILES string of the molecule is CCN(CCNC(=NC)NCCCOCCOC)C(=O)OC(C)(C)C. The molecule has 0 fully saturated rings. The van der Waals surface area contributed by atoms with Crippen molar-refractivity contribution < 1.29 is 19.0 Å². The molecule has 0 heterocycles. The summed E-state index contributed by atoms with van der Waals surface area (Å²) in [5.41, 5.74) is -0.485. The topological polar surface area (TPSA) is 84.4 Å². The number of carbonyl (C=O) groups excluding carboxylic acids is 1. The van der Waals surface area contributed by atoms with Gasteiger partial charge in [0.05, 0.1) is 13.2 Å². The number of methoxy groups -OCH3 is 1. The van der Waals surface area contributed by atoms with Gasteiger partial charge >= 0.3 is 6.09 Å². The van der Waals surface area contributed by atoms with Crippen molar-refractivity contribution in [1.82, 2.24) is 15.5 Å². The summed E-state index contributed by atoms with van der Waals surface area (Å²) in [4.78, 5) is 17.9. The van der Waals surface area contributed by atoms with E-state index in [2.05, 4.69) is 15.6 Å². The predicted octanol–water partition coefficient (Wildman–Crippen LogP) is 1.46. The first kappa shape index (κ1) is 23.5. The van der Waals surface area contributed by atoms with Crippen molar-refractivity contribution in [3.8, 4) is 0 Å². The first-order valence-electron chi connectivity index (χ1n) is 8.83. The molecule has 0 atom stereocenters. The number of nitrogens with one attached hydrogen (secondary N) is 2. The zero-order valence-electron chi connectivity index (χ0n) is 16.7. The van der Waals surface area contributed by atoms with Crippen LogP contribution in [0.25, 0.3) is 0 Å². The fourth-order valence-corrected chi connectivity index (χ4v) is 1.86. The molecule has 0 unspecified atom stereocenters. The average molecular weight is 360 g/mol. The molecule has 0 aromatic carbocycles. The van der Waals surface area contributed by atoms with E-state index in [9.17, 15) is 4.79 Å². The van der Waals surface area contributed by atoms with Gasteiger partial charge in [0.15, 0.2) is 5.96 Å². The smallest absolute Gasteiger partial charge is 0.410 e. The minimum absolute atomic E-state index is 0.298. The molecule has 0 aliphatic carbocycles. The molecule has 0 aromatic rings. The Kier molecular flexibility index (Phi) is 12.9. The van der Waals surface area contributed by atoms with Crippen molar-refractivity contribution in [3.63, 3.8) is 0 Å². The molecular weight excluding hydrogens is 324 g/mol. The normalized spacial score (nSPS) is 12.0. The molecule has 1 amide bonds. The van der Waals surface area contributed by atoms with Crippen LogP contribution < -0.4 is 10.6 Å². The Morgan fingerprint density at radius 1 is 1.12 bits per heavy atom. The molecule has 0 aliphatic heterocycles. The van der Waals surface area contributed by atoms with Crippen molar-refractivity contribution in [2.24, 2.45) is 4.99 Å². The number of ether oxygens (including phenoxy) is 3. The number of amides is 1. The Bertz CT molecular complexity index is 383. The molecule has 0 saturated heterocycles. The third-order valence-electron chi connectivity index (χ3n) is 3.12. The molecule has 0 bridgehead atoms. The maximum Gasteiger partial charge on any atom is 0.410 e. The van der Waals surface area contributed by atoms with Crippen LogP contribution >= 0.6 is 0 Å². The fraction of sp³-hybridized carbons (Fsp3) is 0.882. The number of carbonyl (C=O) groups is 1. The molecule has 8 nitrogen and oxygen atoms in total. The number of likely N-dealkylation sites (N-methyl/N-ethyl adjacent to an activating group) is 1. The van der Waals surface area contributed by atoms with E-state index in [1.54, 1.807) is 19.1 Å². The molecule has 2 N–H and O–H groups in total. The second-order valence-corrected chi connectivity index (χ2v) is 6.44. The average Bonchev–Trinajstić information content (AvgIpc) is 2.54. The van der Waals surface area contributed by atoms with Gasteiger partial charge in [-0.1, -0.05) is 0 Å². The maximum atomic E-state index is 12.1. The summed E-state index contributed by atoms with van der Waals surface area (Å²) in [5, 5.41) is 6.40. The number of hydrogen-bond acceptors (Lipinski definition) is 5. The summed E-state index contributed by atoms with van der Waals surface area (Å²) in [6.45, 7) is 11.9. The predicted molar refractivity (Wildman–Crippen MR) is 100 cm³/mol. The van der Waals surface area contributed by atoms with Gasteiger partial charge in [-0.05, 0) is 34.1 Å². The van der Waals surface area contributed by atoms with Gasteiger partial charge in [0.2, 0.25) is 0 Å². The lowest BCUT2D eigenvalue weighted by Crippen LogP contribution is -2.44. The Morgan fingerprint density at radius 3 is 2.36 bits per heavy atom. The van der Waals surface area contributed by atoms with Crippen LogP contribution in [-0.2, 0) is 14.2 Å². The number of rotatable bonds is 11. The zero-order valence-corrected chi connectivity index (χ0v) is 16.7. The van der Waals surface area contributed by atoms with E-state index in [-0.39, 0.29) is 6.09 Å². The van der Waals surface area contributed by atoms with Gasteiger partial charge in [-0.3, -0.25) is 4.99 Å². The number of aliphatic imine (C=N–C) groups is 1. The van der Waals surface area contributed by atoms with E-state index < -0.39 is 5.60 Å². The molecule has 0 spiro atoms. The highest BCUT2D eigenvalue weighted by molar-refractivity contribution is 5.79. The first-order valence-corrected chi connectivity index (χ1v) is 8.83. The largest absolute Gasteiger partial charge is 0.444 e. The second kappa shape index (κ2) is 13.7. The fourth-order valence-electron chi connectivity index (χ4n) is 1.86. The van der Waals surface area contributed by atoms with Gasteiger partial charge in [-0.2, -0.15) is 0 Å². The summed E-state index contributed by atoms with van der Waals surface area (Å²) < 4.78 is 15.7. The lowest BCUT2D eigenvalue weighted by molar-refractivity contribution is 0.0264. The van der Waals surface area contributed by atoms with Crippen molar-refractivity contribution in [2.45, 2.75) is 39.7 Å². The van der Waals surface area contributed by atoms with E-state index >= 15 is 0 Å². The summed E-state index contributed by atoms with van der Waals surface area (Å²) >= 11 is 0. The van der Waals surface area contributed by atoms with Crippen molar-refractivity contribution >= 4 is 12.1 Å². The molecule has 0 aromatic heterocycles. The third-order valence-corrected chi connectivity index (χ3v) is 3.12. The summed E-state index contributed by atoms with van der Waals surface area (Å²) in [6, 6.07) is 0. The van der Waals surface area contributed by atoms with E-state index in [0.29, 0.717) is 45.4 Å². The molecule has 0 saturated carbocycles. The summed E-state index contributed by atoms with van der Waals surface area (Å²) in [5.74, 6) is 0.706. The Morgan fingerprint density at radius 2 is 1.80 bits per heavy atom. The van der Waals surface area contributed by atoms with Gasteiger partial charge in [-0.15, -0.1) is 0 Å². The molecule has 8 heteroatoms. The van der Waals surface area contributed by atoms with Crippen LogP contribution in [0.15, 0.2) is 4.99 Å². The zero-order chi connectivity index (χ0) is 19.1. The minimum Gasteiger partial charge on any atom is -0.444 e. The van der Waals surface area contributed by atoms with E-state index in [1.165, 1.54) is 0 Å². The number of hydrogen-bond donors (Lipinski definition) is 2. The van der Waals surface area contributed by atoms with Gasteiger partial charge < -0.3 is 29.7 Å². The highest BCUT2D eigenvalue weighted by Crippen LogP contribution is 2.09. The number of nitrogens with zero attached hydrogens (tertiary/aromatic N) is 2. The quantitative estimate of drug-likeness (QED) is 0.330.